The predicted molar refractivity (Wildman–Crippen MR) is 77.0 cm³/mol. The first-order chi connectivity index (χ1) is 8.63. The van der Waals surface area contributed by atoms with Gasteiger partial charge in [0.25, 0.3) is 0 Å². The molecule has 0 spiro atoms. The molecule has 18 heavy (non-hydrogen) atoms. The number of hydrogen-bond acceptors (Lipinski definition) is 3. The van der Waals surface area contributed by atoms with Gasteiger partial charge in [-0.25, -0.2) is 4.98 Å². The molecule has 0 bridgehead atoms. The van der Waals surface area contributed by atoms with E-state index in [-0.39, 0.29) is 0 Å². The van der Waals surface area contributed by atoms with E-state index in [0.717, 1.165) is 23.3 Å². The van der Waals surface area contributed by atoms with Crippen molar-refractivity contribution >= 4 is 28.1 Å². The maximum Gasteiger partial charge on any atom is 0.0961 e. The molecule has 0 saturated heterocycles. The normalized spacial score (nSPS) is 11.2. The number of anilines is 1. The third-order valence-corrected chi connectivity index (χ3v) is 4.33. The van der Waals surface area contributed by atoms with Crippen molar-refractivity contribution in [3.05, 3.63) is 45.9 Å². The first-order valence-corrected chi connectivity index (χ1v) is 6.71. The molecule has 2 aromatic heterocycles. The van der Waals surface area contributed by atoms with Crippen LogP contribution in [-0.4, -0.2) is 9.55 Å². The number of thiophene rings is 1. The SMILES string of the molecule is Cc1cc(Cn2cnc3cc(N)ccc32)sc1C. The number of benzene rings is 1. The molecule has 0 fully saturated rings. The number of rotatable bonds is 2. The van der Waals surface area contributed by atoms with Crippen LogP contribution in [0.1, 0.15) is 15.3 Å². The molecule has 0 unspecified atom stereocenters. The van der Waals surface area contributed by atoms with Crippen LogP contribution in [0.3, 0.4) is 0 Å². The van der Waals surface area contributed by atoms with E-state index in [0.29, 0.717) is 0 Å². The Hall–Kier alpha value is -1.81. The second kappa shape index (κ2) is 4.14. The quantitative estimate of drug-likeness (QED) is 0.715. The summed E-state index contributed by atoms with van der Waals surface area (Å²) in [6.45, 7) is 5.19. The number of aryl methyl sites for hydroxylation is 2. The summed E-state index contributed by atoms with van der Waals surface area (Å²) in [6.07, 6.45) is 1.88. The zero-order valence-corrected chi connectivity index (χ0v) is 11.3. The molecule has 3 aromatic rings. The van der Waals surface area contributed by atoms with Crippen LogP contribution in [0.4, 0.5) is 5.69 Å². The minimum atomic E-state index is 0.760. The Bertz CT molecular complexity index is 689. The zero-order chi connectivity index (χ0) is 12.7. The summed E-state index contributed by atoms with van der Waals surface area (Å²) < 4.78 is 2.17. The second-order valence-electron chi connectivity index (χ2n) is 4.57. The standard InChI is InChI=1S/C14H15N3S/c1-9-5-12(18-10(9)2)7-17-8-16-13-6-11(15)3-4-14(13)17/h3-6,8H,7,15H2,1-2H3. The molecule has 3 nitrogen and oxygen atoms in total. The average molecular weight is 257 g/mol. The van der Waals surface area contributed by atoms with Crippen LogP contribution >= 0.6 is 11.3 Å². The molecule has 0 aliphatic heterocycles. The topological polar surface area (TPSA) is 43.8 Å². The zero-order valence-electron chi connectivity index (χ0n) is 10.5. The molecule has 2 N–H and O–H groups in total. The van der Waals surface area contributed by atoms with Gasteiger partial charge in [-0.05, 0) is 43.7 Å². The van der Waals surface area contributed by atoms with Crippen LogP contribution in [0.5, 0.6) is 0 Å². The minimum absolute atomic E-state index is 0.760. The van der Waals surface area contributed by atoms with Gasteiger partial charge >= 0.3 is 0 Å². The van der Waals surface area contributed by atoms with E-state index in [1.165, 1.54) is 15.3 Å². The van der Waals surface area contributed by atoms with Crippen LogP contribution in [0.15, 0.2) is 30.6 Å². The lowest BCUT2D eigenvalue weighted by molar-refractivity contribution is 0.838. The first-order valence-electron chi connectivity index (χ1n) is 5.90. The van der Waals surface area contributed by atoms with Gasteiger partial charge in [0, 0.05) is 15.4 Å². The molecule has 4 heteroatoms. The number of nitrogen functional groups attached to an aromatic ring is 1. The lowest BCUT2D eigenvalue weighted by atomic mass is 10.2. The molecular formula is C14H15N3S. The van der Waals surface area contributed by atoms with Crippen molar-refractivity contribution in [2.45, 2.75) is 20.4 Å². The van der Waals surface area contributed by atoms with Crippen LogP contribution < -0.4 is 5.73 Å². The number of nitrogens with zero attached hydrogens (tertiary/aromatic N) is 2. The van der Waals surface area contributed by atoms with Gasteiger partial charge in [0.15, 0.2) is 0 Å². The lowest BCUT2D eigenvalue weighted by Gasteiger charge is -2.02. The van der Waals surface area contributed by atoms with Crippen molar-refractivity contribution in [2.24, 2.45) is 0 Å². The molecule has 0 atom stereocenters. The fourth-order valence-electron chi connectivity index (χ4n) is 2.10. The molecule has 0 radical (unpaired) electrons. The van der Waals surface area contributed by atoms with E-state index in [4.69, 9.17) is 5.73 Å². The Labute approximate surface area is 110 Å². The smallest absolute Gasteiger partial charge is 0.0961 e. The third-order valence-electron chi connectivity index (χ3n) is 3.19. The van der Waals surface area contributed by atoms with Crippen LogP contribution in [0, 0.1) is 13.8 Å². The highest BCUT2D eigenvalue weighted by atomic mass is 32.1. The Kier molecular flexibility index (Phi) is 2.59. The van der Waals surface area contributed by atoms with E-state index in [1.54, 1.807) is 0 Å². The van der Waals surface area contributed by atoms with Crippen molar-refractivity contribution < 1.29 is 0 Å². The maximum atomic E-state index is 5.76. The van der Waals surface area contributed by atoms with E-state index >= 15 is 0 Å². The fourth-order valence-corrected chi connectivity index (χ4v) is 3.15. The first kappa shape index (κ1) is 11.3. The number of fused-ring (bicyclic) bond motifs is 1. The van der Waals surface area contributed by atoms with Gasteiger partial charge in [-0.2, -0.15) is 0 Å². The third kappa shape index (κ3) is 1.88. The van der Waals surface area contributed by atoms with Crippen LogP contribution in [-0.2, 0) is 6.54 Å². The molecule has 0 aliphatic carbocycles. The van der Waals surface area contributed by atoms with Gasteiger partial charge in [-0.1, -0.05) is 0 Å². The van der Waals surface area contributed by atoms with Gasteiger partial charge in [-0.15, -0.1) is 11.3 Å². The van der Waals surface area contributed by atoms with Gasteiger partial charge < -0.3 is 10.3 Å². The summed E-state index contributed by atoms with van der Waals surface area (Å²) in [7, 11) is 0. The summed E-state index contributed by atoms with van der Waals surface area (Å²) in [5.41, 5.74) is 9.98. The highest BCUT2D eigenvalue weighted by Gasteiger charge is 2.06. The molecule has 1 aromatic carbocycles. The number of aromatic nitrogens is 2. The summed E-state index contributed by atoms with van der Waals surface area (Å²) in [5.74, 6) is 0. The Morgan fingerprint density at radius 2 is 2.11 bits per heavy atom. The van der Waals surface area contributed by atoms with Crippen LogP contribution in [0.2, 0.25) is 0 Å². The fraction of sp³-hybridized carbons (Fsp3) is 0.214. The Morgan fingerprint density at radius 3 is 2.83 bits per heavy atom. The Morgan fingerprint density at radius 1 is 1.28 bits per heavy atom. The van der Waals surface area contributed by atoms with Gasteiger partial charge in [0.1, 0.15) is 0 Å². The monoisotopic (exact) mass is 257 g/mol. The molecule has 92 valence electrons. The summed E-state index contributed by atoms with van der Waals surface area (Å²) >= 11 is 1.85. The van der Waals surface area contributed by atoms with E-state index in [1.807, 2.05) is 35.9 Å². The summed E-state index contributed by atoms with van der Waals surface area (Å²) in [4.78, 5) is 7.14. The van der Waals surface area contributed by atoms with Crippen molar-refractivity contribution in [3.8, 4) is 0 Å². The number of imidazole rings is 1. The number of nitrogens with two attached hydrogens (primary N) is 1. The molecule has 2 heterocycles. The second-order valence-corrected chi connectivity index (χ2v) is 5.91. The van der Waals surface area contributed by atoms with E-state index in [9.17, 15) is 0 Å². The molecule has 0 aliphatic rings. The lowest BCUT2D eigenvalue weighted by Crippen LogP contribution is -1.95. The van der Waals surface area contributed by atoms with Crippen molar-refractivity contribution in [1.29, 1.82) is 0 Å². The van der Waals surface area contributed by atoms with Crippen molar-refractivity contribution in [1.82, 2.24) is 9.55 Å². The van der Waals surface area contributed by atoms with Crippen LogP contribution in [0.25, 0.3) is 11.0 Å². The predicted octanol–water partition coefficient (Wildman–Crippen LogP) is 3.35. The van der Waals surface area contributed by atoms with Gasteiger partial charge in [0.05, 0.1) is 23.9 Å². The van der Waals surface area contributed by atoms with Crippen molar-refractivity contribution in [2.75, 3.05) is 5.73 Å². The minimum Gasteiger partial charge on any atom is -0.399 e. The summed E-state index contributed by atoms with van der Waals surface area (Å²) in [5, 5.41) is 0. The Balaban J connectivity index is 2.00. The van der Waals surface area contributed by atoms with E-state index < -0.39 is 0 Å². The summed E-state index contributed by atoms with van der Waals surface area (Å²) in [6, 6.07) is 8.12. The molecule has 0 saturated carbocycles. The molecule has 3 rings (SSSR count). The van der Waals surface area contributed by atoms with Gasteiger partial charge in [0.2, 0.25) is 0 Å². The number of hydrogen-bond donors (Lipinski definition) is 1. The largest absolute Gasteiger partial charge is 0.399 e. The van der Waals surface area contributed by atoms with Crippen molar-refractivity contribution in [3.63, 3.8) is 0 Å². The van der Waals surface area contributed by atoms with Gasteiger partial charge in [-0.3, -0.25) is 0 Å². The molecular weight excluding hydrogens is 242 g/mol. The highest BCUT2D eigenvalue weighted by molar-refractivity contribution is 7.12. The average Bonchev–Trinajstić information content (AvgIpc) is 2.84. The maximum absolute atomic E-state index is 5.76. The molecule has 0 amide bonds. The highest BCUT2D eigenvalue weighted by Crippen LogP contribution is 2.23. The van der Waals surface area contributed by atoms with E-state index in [2.05, 4.69) is 29.5 Å².